The monoisotopic (exact) mass is 1350 g/mol. The summed E-state index contributed by atoms with van der Waals surface area (Å²) in [7, 11) is 0. The van der Waals surface area contributed by atoms with Crippen LogP contribution in [0.5, 0.6) is 0 Å². The van der Waals surface area contributed by atoms with Crippen LogP contribution in [0.15, 0.2) is 0 Å². The Morgan fingerprint density at radius 2 is 0.105 bits per heavy atom. The van der Waals surface area contributed by atoms with Gasteiger partial charge in [0.1, 0.15) is 0 Å². The maximum absolute atomic E-state index is 2.12. The largest absolute Gasteiger partial charge is 2.00 e. The van der Waals surface area contributed by atoms with Crippen LogP contribution in [0, 0.1) is 14.9 Å². The second kappa shape index (κ2) is 2720. The Morgan fingerprint density at radius 3 is 0.105 bits per heavy atom. The van der Waals surface area contributed by atoms with Crippen molar-refractivity contribution < 1.29 is 37.1 Å². The third-order valence-electron chi connectivity index (χ3n) is 0. The van der Waals surface area contributed by atoms with Crippen LogP contribution < -0.4 is 0 Å². The van der Waals surface area contributed by atoms with E-state index >= 15 is 0 Å². The molecule has 0 aliphatic carbocycles. The molecular weight excluding hydrogens is 1110 g/mol. The summed E-state index contributed by atoms with van der Waals surface area (Å²) in [5, 5.41) is 0. The molecule has 0 nitrogen and oxygen atoms in total. The van der Waals surface area contributed by atoms with Crippen LogP contribution in [-0.4, -0.2) is 0 Å². The molecule has 0 aromatic carbocycles. The molecule has 586 valence electrons. The average Bonchev–Trinajstić information content (AvgIpc) is 3.53. The first kappa shape index (κ1) is 279. The van der Waals surface area contributed by atoms with Gasteiger partial charge in [0, 0.05) is 18.6 Å². The first-order valence-electron chi connectivity index (χ1n) is 38.8. The summed E-state index contributed by atoms with van der Waals surface area (Å²) in [5.41, 5.74) is 0. The fourth-order valence-corrected chi connectivity index (χ4v) is 0. The standard InChI is InChI=1S/14C3H8.19C2H6.2CH4.2CH3.2V/c14*1-3-2;19*1-2;;;;;;/h14*3H2,1-2H3;19*1-2H3;2*1H4;2*1H3;;/q;;;;;;;;;;;;;;;;;;;;;;;;;;;;;;;;;;;2*-1;;+2. The van der Waals surface area contributed by atoms with Gasteiger partial charge in [-0.15, -0.1) is 0 Å². The number of rotatable bonds is 0. The third-order valence-corrected chi connectivity index (χ3v) is 0. The van der Waals surface area contributed by atoms with Gasteiger partial charge in [0.2, 0.25) is 0 Å². The molecule has 0 fully saturated rings. The summed E-state index contributed by atoms with van der Waals surface area (Å²) < 4.78 is 0. The Balaban J connectivity index is -0.00000000716. The number of hydrogen-bond acceptors (Lipinski definition) is 0. The van der Waals surface area contributed by atoms with E-state index in [2.05, 4.69) is 194 Å². The SMILES string of the molecule is C.C.CC.CC.CC.CC.CC.CC.CC.CC.CC.CC.CC.CC.CC.CC.CC.CC.CC.CC.CC.CCC.CCC.CCC.CCC.CCC.CCC.CCC.CCC.CCC.CCC.CCC.CCC.CCC.CCC.[CH3-].[CH3-].[V+2].[V]. The van der Waals surface area contributed by atoms with E-state index in [0.29, 0.717) is 0 Å². The molecule has 86 heavy (non-hydrogen) atoms. The third kappa shape index (κ3) is 442000. The van der Waals surface area contributed by atoms with Gasteiger partial charge in [-0.05, 0) is 0 Å². The normalized spacial score (nSPS) is 4.26. The van der Waals surface area contributed by atoms with Crippen molar-refractivity contribution in [2.24, 2.45) is 0 Å². The second-order valence-electron chi connectivity index (χ2n) is 9.90. The van der Waals surface area contributed by atoms with Crippen LogP contribution in [-0.2, 0) is 37.1 Å². The summed E-state index contributed by atoms with van der Waals surface area (Å²) in [6, 6.07) is 0. The van der Waals surface area contributed by atoms with E-state index in [-0.39, 0.29) is 66.8 Å². The zero-order chi connectivity index (χ0) is 75.9. The molecule has 2 heteroatoms. The fourth-order valence-electron chi connectivity index (χ4n) is 0. The van der Waals surface area contributed by atoms with Crippen molar-refractivity contribution in [3.05, 3.63) is 14.9 Å². The van der Waals surface area contributed by atoms with E-state index < -0.39 is 0 Å². The predicted molar refractivity (Wildman–Crippen MR) is 465 cm³/mol. The van der Waals surface area contributed by atoms with Crippen molar-refractivity contribution in [2.45, 2.75) is 562 Å². The van der Waals surface area contributed by atoms with Crippen molar-refractivity contribution >= 4 is 0 Å². The average molecular weight is 1350 g/mol. The van der Waals surface area contributed by atoms with Gasteiger partial charge in [0.15, 0.2) is 0 Å². The molecule has 0 aliphatic rings. The van der Waals surface area contributed by atoms with Crippen LogP contribution in [0.3, 0.4) is 0 Å². The molecule has 0 aromatic rings. The van der Waals surface area contributed by atoms with Crippen molar-refractivity contribution in [3.8, 4) is 0 Å². The molecule has 0 saturated heterocycles. The van der Waals surface area contributed by atoms with Gasteiger partial charge in [0.25, 0.3) is 0 Å². The van der Waals surface area contributed by atoms with Crippen molar-refractivity contribution in [3.63, 3.8) is 0 Å². The molecule has 0 N–H and O–H groups in total. The van der Waals surface area contributed by atoms with E-state index in [9.17, 15) is 0 Å². The molecule has 2 radical (unpaired) electrons. The fraction of sp³-hybridized carbons (Fsp3) is 0.976. The van der Waals surface area contributed by atoms with Gasteiger partial charge in [-0.2, -0.15) is 0 Å². The Bertz CT molecular complexity index is 67.0. The van der Waals surface area contributed by atoms with Crippen LogP contribution in [0.4, 0.5) is 0 Å². The van der Waals surface area contributed by atoms with Crippen LogP contribution in [0.1, 0.15) is 562 Å². The minimum absolute atomic E-state index is 0. The molecule has 0 rings (SSSR count). The van der Waals surface area contributed by atoms with E-state index in [4.69, 9.17) is 0 Å². The van der Waals surface area contributed by atoms with Crippen LogP contribution >= 0.6 is 0 Å². The summed E-state index contributed by atoms with van der Waals surface area (Å²) in [4.78, 5) is 0. The molecule has 0 heterocycles. The summed E-state index contributed by atoms with van der Waals surface area (Å²) in [5.74, 6) is 0. The van der Waals surface area contributed by atoms with Gasteiger partial charge >= 0.3 is 18.6 Å². The summed E-state index contributed by atoms with van der Waals surface area (Å²) >= 11 is 0. The Labute approximate surface area is 609 Å². The zero-order valence-electron chi connectivity index (χ0n) is 78.8. The molecule has 0 unspecified atom stereocenters. The number of hydrogen-bond donors (Lipinski definition) is 0. The first-order chi connectivity index (χ1) is 38.8. The first-order valence-corrected chi connectivity index (χ1v) is 38.8. The van der Waals surface area contributed by atoms with Gasteiger partial charge in [-0.3, -0.25) is 0 Å². The smallest absolute Gasteiger partial charge is 0.358 e. The quantitative estimate of drug-likeness (QED) is 0.212. The van der Waals surface area contributed by atoms with Gasteiger partial charge in [0.05, 0.1) is 0 Å². The zero-order valence-corrected chi connectivity index (χ0v) is 81.6. The second-order valence-corrected chi connectivity index (χ2v) is 9.90. The molecule has 0 aliphatic heterocycles. The molecule has 0 bridgehead atoms. The summed E-state index contributed by atoms with van der Waals surface area (Å²) in [6.07, 6.45) is 17.5. The van der Waals surface area contributed by atoms with E-state index in [1.54, 1.807) is 0 Å². The Kier molecular flexibility index (Phi) is 8810. The van der Waals surface area contributed by atoms with Crippen molar-refractivity contribution in [1.29, 1.82) is 0 Å². The van der Waals surface area contributed by atoms with Crippen molar-refractivity contribution in [2.75, 3.05) is 0 Å². The molecule has 0 amide bonds. The van der Waals surface area contributed by atoms with Gasteiger partial charge in [-0.1, -0.05) is 562 Å². The molecule has 0 spiro atoms. The van der Waals surface area contributed by atoms with E-state index in [0.717, 1.165) is 0 Å². The minimum Gasteiger partial charge on any atom is -0.358 e. The van der Waals surface area contributed by atoms with Gasteiger partial charge < -0.3 is 14.9 Å². The maximum atomic E-state index is 2.12. The molecule has 0 aromatic heterocycles. The molecule has 0 atom stereocenters. The molecular formula is C84H240V2. The Morgan fingerprint density at radius 1 is 0.105 bits per heavy atom. The predicted octanol–water partition coefficient (Wildman–Crippen LogP) is 41.5. The minimum atomic E-state index is 0. The Hall–Kier alpha value is 1.17. The van der Waals surface area contributed by atoms with E-state index in [1.807, 2.05) is 263 Å². The maximum Gasteiger partial charge on any atom is 2.00 e. The van der Waals surface area contributed by atoms with Crippen molar-refractivity contribution in [1.82, 2.24) is 0 Å². The molecule has 0 saturated carbocycles. The van der Waals surface area contributed by atoms with E-state index in [1.165, 1.54) is 89.9 Å². The van der Waals surface area contributed by atoms with Crippen LogP contribution in [0.25, 0.3) is 0 Å². The topological polar surface area (TPSA) is 0 Å². The van der Waals surface area contributed by atoms with Crippen LogP contribution in [0.2, 0.25) is 0 Å². The van der Waals surface area contributed by atoms with Gasteiger partial charge in [-0.25, -0.2) is 0 Å². The summed E-state index contributed by atoms with van der Waals surface area (Å²) in [6.45, 7) is 136.